The number of hydrogen-bond acceptors (Lipinski definition) is 12. The fraction of sp³-hybridized carbons (Fsp3) is 0.656. The number of benzene rings is 1. The molecule has 1 saturated carbocycles. The number of nitrogens with two attached hydrogens (primary N) is 1. The lowest BCUT2D eigenvalue weighted by molar-refractivity contribution is -0.139. The van der Waals surface area contributed by atoms with Crippen LogP contribution in [0.1, 0.15) is 76.5 Å². The smallest absolute Gasteiger partial charge is 0.320 e. The van der Waals surface area contributed by atoms with Crippen LogP contribution in [-0.2, 0) is 22.7 Å². The molecular weight excluding hydrogens is 600 g/mol. The van der Waals surface area contributed by atoms with Gasteiger partial charge in [-0.1, -0.05) is 31.4 Å². The van der Waals surface area contributed by atoms with E-state index in [0.717, 1.165) is 68.1 Å². The lowest BCUT2D eigenvalue weighted by Crippen LogP contribution is -2.43. The summed E-state index contributed by atoms with van der Waals surface area (Å²) < 4.78 is 0. The molecule has 3 aromatic rings. The molecule has 1 aliphatic heterocycles. The van der Waals surface area contributed by atoms with Crippen LogP contribution < -0.4 is 27.0 Å². The molecule has 1 amide bonds. The maximum absolute atomic E-state index is 12.6. The molecule has 47 heavy (non-hydrogen) atoms. The van der Waals surface area contributed by atoms with Crippen molar-refractivity contribution in [3.63, 3.8) is 0 Å². The van der Waals surface area contributed by atoms with Gasteiger partial charge in [0.25, 0.3) is 0 Å². The van der Waals surface area contributed by atoms with Crippen molar-refractivity contribution < 1.29 is 14.7 Å². The summed E-state index contributed by atoms with van der Waals surface area (Å²) in [4.78, 5) is 36.4. The van der Waals surface area contributed by atoms with Gasteiger partial charge in [0.05, 0.1) is 18.6 Å². The van der Waals surface area contributed by atoms with Crippen molar-refractivity contribution in [1.82, 2.24) is 45.7 Å². The van der Waals surface area contributed by atoms with Crippen LogP contribution in [0.3, 0.4) is 0 Å². The second kappa shape index (κ2) is 17.8. The van der Waals surface area contributed by atoms with E-state index in [9.17, 15) is 9.59 Å². The lowest BCUT2D eigenvalue weighted by atomic mass is 9.95. The highest BCUT2D eigenvalue weighted by Gasteiger charge is 2.25. The van der Waals surface area contributed by atoms with Gasteiger partial charge in [0.1, 0.15) is 11.9 Å². The van der Waals surface area contributed by atoms with E-state index in [2.05, 4.69) is 41.7 Å². The molecule has 2 aliphatic rings. The lowest BCUT2D eigenvalue weighted by Gasteiger charge is -2.33. The number of tetrazole rings is 1. The van der Waals surface area contributed by atoms with Gasteiger partial charge in [0, 0.05) is 37.0 Å². The van der Waals surface area contributed by atoms with Gasteiger partial charge in [-0.25, -0.2) is 4.98 Å². The van der Waals surface area contributed by atoms with Gasteiger partial charge < -0.3 is 37.0 Å². The van der Waals surface area contributed by atoms with Gasteiger partial charge >= 0.3 is 5.97 Å². The van der Waals surface area contributed by atoms with E-state index in [1.807, 2.05) is 24.3 Å². The molecule has 3 heterocycles. The van der Waals surface area contributed by atoms with Crippen LogP contribution in [0.25, 0.3) is 10.9 Å². The molecule has 1 aliphatic carbocycles. The predicted molar refractivity (Wildman–Crippen MR) is 180 cm³/mol. The van der Waals surface area contributed by atoms with Crippen LogP contribution in [-0.4, -0.2) is 103 Å². The largest absolute Gasteiger partial charge is 0.480 e. The highest BCUT2D eigenvalue weighted by atomic mass is 16.4. The van der Waals surface area contributed by atoms with Crippen molar-refractivity contribution in [1.29, 1.82) is 0 Å². The number of fused-ring (bicyclic) bond motifs is 1. The summed E-state index contributed by atoms with van der Waals surface area (Å²) in [6.45, 7) is 5.21. The molecule has 0 spiro atoms. The topological polar surface area (TPSA) is 201 Å². The third-order valence-corrected chi connectivity index (χ3v) is 8.96. The van der Waals surface area contributed by atoms with Crippen LogP contribution in [0.2, 0.25) is 0 Å². The number of carbonyl (C=O) groups excluding carboxylic acids is 1. The number of anilines is 2. The molecule has 256 valence electrons. The SMILES string of the molecule is N[C@@H](CCC(=O)N1CCC(Nc2nc(NCc3nnn(CCCNCCCNC4CCCCC4)n3)nc3ccccc23)CC1)C(=O)O. The fourth-order valence-electron chi connectivity index (χ4n) is 6.19. The summed E-state index contributed by atoms with van der Waals surface area (Å²) in [5.41, 5.74) is 6.37. The number of carbonyl (C=O) groups is 2. The van der Waals surface area contributed by atoms with Crippen molar-refractivity contribution in [2.45, 2.75) is 102 Å². The van der Waals surface area contributed by atoms with Crippen molar-refractivity contribution in [3.8, 4) is 0 Å². The highest BCUT2D eigenvalue weighted by Crippen LogP contribution is 2.25. The van der Waals surface area contributed by atoms with Crippen LogP contribution in [0.15, 0.2) is 24.3 Å². The van der Waals surface area contributed by atoms with Crippen LogP contribution in [0.5, 0.6) is 0 Å². The number of para-hydroxylation sites is 1. The normalized spacial score (nSPS) is 16.7. The zero-order valence-electron chi connectivity index (χ0n) is 27.2. The molecule has 0 bridgehead atoms. The zero-order valence-corrected chi connectivity index (χ0v) is 27.2. The van der Waals surface area contributed by atoms with E-state index >= 15 is 0 Å². The van der Waals surface area contributed by atoms with Crippen molar-refractivity contribution >= 4 is 34.5 Å². The molecule has 7 N–H and O–H groups in total. The minimum Gasteiger partial charge on any atom is -0.480 e. The number of likely N-dealkylation sites (tertiary alicyclic amines) is 1. The highest BCUT2D eigenvalue weighted by molar-refractivity contribution is 5.90. The number of nitrogens with one attached hydrogen (secondary N) is 4. The summed E-state index contributed by atoms with van der Waals surface area (Å²) in [7, 11) is 0. The minimum absolute atomic E-state index is 0.0608. The predicted octanol–water partition coefficient (Wildman–Crippen LogP) is 2.12. The Morgan fingerprint density at radius 2 is 1.77 bits per heavy atom. The Morgan fingerprint density at radius 1 is 0.979 bits per heavy atom. The molecule has 1 saturated heterocycles. The molecule has 15 heteroatoms. The van der Waals surface area contributed by atoms with Gasteiger partial charge in [-0.05, 0) is 81.9 Å². The van der Waals surface area contributed by atoms with Crippen molar-refractivity contribution in [3.05, 3.63) is 30.1 Å². The summed E-state index contributed by atoms with van der Waals surface area (Å²) in [6, 6.07) is 7.67. The number of piperidine rings is 1. The summed E-state index contributed by atoms with van der Waals surface area (Å²) in [6.07, 6.45) is 10.6. The maximum Gasteiger partial charge on any atom is 0.320 e. The number of aromatic nitrogens is 6. The third-order valence-electron chi connectivity index (χ3n) is 8.96. The van der Waals surface area contributed by atoms with Crippen LogP contribution in [0, 0.1) is 0 Å². The Bertz CT molecular complexity index is 1420. The first-order valence-corrected chi connectivity index (χ1v) is 17.2. The number of carboxylic acid groups (broad SMARTS) is 1. The fourth-order valence-corrected chi connectivity index (χ4v) is 6.19. The Hall–Kier alpha value is -3.95. The zero-order chi connectivity index (χ0) is 32.8. The standard InChI is InChI=1S/C32H50N12O3/c33-26(31(46)47)12-13-29(45)43-20-14-24(15-21-43)37-30-25-10-4-5-11-27(25)38-32(39-30)36-22-28-40-42-44(41-28)19-7-17-34-16-6-18-35-23-8-2-1-3-9-23/h4-5,10-11,23-24,26,34-35H,1-3,6-9,12-22,33H2,(H,46,47)(H2,36,37,38,39)/t26-/m0/s1. The monoisotopic (exact) mass is 650 g/mol. The molecule has 2 fully saturated rings. The number of aryl methyl sites for hydroxylation is 1. The van der Waals surface area contributed by atoms with Gasteiger partial charge in [-0.3, -0.25) is 9.59 Å². The molecule has 1 atom stereocenters. The van der Waals surface area contributed by atoms with Crippen LogP contribution in [0.4, 0.5) is 11.8 Å². The Balaban J connectivity index is 1.03. The molecular formula is C32H50N12O3. The Morgan fingerprint density at radius 3 is 2.57 bits per heavy atom. The average Bonchev–Trinajstić information content (AvgIpc) is 3.55. The maximum atomic E-state index is 12.6. The second-order valence-electron chi connectivity index (χ2n) is 12.6. The Kier molecular flexibility index (Phi) is 13.0. The summed E-state index contributed by atoms with van der Waals surface area (Å²) in [5.74, 6) is 0.612. The number of amides is 1. The van der Waals surface area contributed by atoms with E-state index in [4.69, 9.17) is 15.8 Å². The van der Waals surface area contributed by atoms with E-state index in [-0.39, 0.29) is 24.8 Å². The van der Waals surface area contributed by atoms with E-state index < -0.39 is 12.0 Å². The molecule has 0 radical (unpaired) electrons. The van der Waals surface area contributed by atoms with Gasteiger partial charge in [-0.2, -0.15) is 9.78 Å². The molecule has 2 aromatic heterocycles. The quantitative estimate of drug-likeness (QED) is 0.109. The number of rotatable bonds is 18. The van der Waals surface area contributed by atoms with Crippen molar-refractivity contribution in [2.75, 3.05) is 43.4 Å². The number of aliphatic carboxylic acids is 1. The van der Waals surface area contributed by atoms with Crippen molar-refractivity contribution in [2.24, 2.45) is 5.73 Å². The summed E-state index contributed by atoms with van der Waals surface area (Å²) >= 11 is 0. The van der Waals surface area contributed by atoms with E-state index in [0.29, 0.717) is 38.0 Å². The van der Waals surface area contributed by atoms with Gasteiger partial charge in [-0.15, -0.1) is 10.2 Å². The molecule has 5 rings (SSSR count). The average molecular weight is 651 g/mol. The van der Waals surface area contributed by atoms with Crippen LogP contribution >= 0.6 is 0 Å². The molecule has 0 unspecified atom stereocenters. The van der Waals surface area contributed by atoms with E-state index in [1.165, 1.54) is 32.1 Å². The first-order valence-electron chi connectivity index (χ1n) is 17.2. The van der Waals surface area contributed by atoms with E-state index in [1.54, 1.807) is 9.70 Å². The molecule has 1 aromatic carbocycles. The summed E-state index contributed by atoms with van der Waals surface area (Å²) in [5, 5.41) is 36.8. The molecule has 15 nitrogen and oxygen atoms in total. The van der Waals surface area contributed by atoms with Gasteiger partial charge in [0.15, 0.2) is 5.82 Å². The third kappa shape index (κ3) is 10.8. The first-order chi connectivity index (χ1) is 22.9. The number of hydrogen-bond donors (Lipinski definition) is 6. The van der Waals surface area contributed by atoms with Gasteiger partial charge in [0.2, 0.25) is 11.9 Å². The first kappa shape index (κ1) is 34.4. The number of nitrogens with zero attached hydrogens (tertiary/aromatic N) is 7. The number of carboxylic acids is 1. The Labute approximate surface area is 275 Å². The second-order valence-corrected chi connectivity index (χ2v) is 12.6. The minimum atomic E-state index is -1.09.